The van der Waals surface area contributed by atoms with Gasteiger partial charge in [0.2, 0.25) is 0 Å². The van der Waals surface area contributed by atoms with E-state index in [-0.39, 0.29) is 10.7 Å². The summed E-state index contributed by atoms with van der Waals surface area (Å²) < 4.78 is 0.424. The first-order valence-corrected chi connectivity index (χ1v) is 6.90. The first kappa shape index (κ1) is 14.3. The van der Waals surface area contributed by atoms with Crippen LogP contribution in [-0.2, 0) is 6.54 Å². The molecule has 100 valence electrons. The summed E-state index contributed by atoms with van der Waals surface area (Å²) in [6, 6.07) is 2.69. The van der Waals surface area contributed by atoms with Gasteiger partial charge in [0.25, 0.3) is 5.69 Å². The SMILES string of the molecule is O=[N+]([O-])c1ccc(Cl)c(NCc2cnc(Cl)s2)c1Cl. The van der Waals surface area contributed by atoms with E-state index < -0.39 is 4.92 Å². The number of aromatic nitrogens is 1. The fourth-order valence-corrected chi connectivity index (χ4v) is 2.88. The Bertz CT molecular complexity index is 632. The molecular formula is C10H6Cl3N3O2S. The number of nitrogens with zero attached hydrogens (tertiary/aromatic N) is 2. The molecule has 5 nitrogen and oxygen atoms in total. The minimum Gasteiger partial charge on any atom is -0.377 e. The van der Waals surface area contributed by atoms with Gasteiger partial charge in [-0.25, -0.2) is 4.98 Å². The highest BCUT2D eigenvalue weighted by Crippen LogP contribution is 2.37. The summed E-state index contributed by atoms with van der Waals surface area (Å²) in [6.45, 7) is 0.380. The van der Waals surface area contributed by atoms with E-state index in [0.29, 0.717) is 21.7 Å². The van der Waals surface area contributed by atoms with E-state index in [1.807, 2.05) is 0 Å². The largest absolute Gasteiger partial charge is 0.377 e. The Labute approximate surface area is 127 Å². The molecule has 0 fully saturated rings. The summed E-state index contributed by atoms with van der Waals surface area (Å²) >= 11 is 18.9. The summed E-state index contributed by atoms with van der Waals surface area (Å²) in [7, 11) is 0. The average molecular weight is 339 g/mol. The highest BCUT2D eigenvalue weighted by Gasteiger charge is 2.18. The molecule has 0 saturated heterocycles. The Morgan fingerprint density at radius 3 is 2.68 bits per heavy atom. The van der Waals surface area contributed by atoms with Crippen molar-refractivity contribution in [2.45, 2.75) is 6.54 Å². The molecule has 0 aliphatic heterocycles. The predicted molar refractivity (Wildman–Crippen MR) is 77.6 cm³/mol. The van der Waals surface area contributed by atoms with Gasteiger partial charge >= 0.3 is 0 Å². The van der Waals surface area contributed by atoms with Gasteiger partial charge in [-0.1, -0.05) is 34.8 Å². The number of benzene rings is 1. The molecule has 1 aromatic carbocycles. The molecule has 1 N–H and O–H groups in total. The zero-order valence-corrected chi connectivity index (χ0v) is 12.3. The molecule has 9 heteroatoms. The molecular weight excluding hydrogens is 333 g/mol. The normalized spacial score (nSPS) is 10.5. The molecule has 2 aromatic rings. The molecule has 0 saturated carbocycles. The van der Waals surface area contributed by atoms with E-state index in [4.69, 9.17) is 34.8 Å². The zero-order chi connectivity index (χ0) is 14.0. The highest BCUT2D eigenvalue weighted by molar-refractivity contribution is 7.15. The van der Waals surface area contributed by atoms with Crippen LogP contribution in [0.15, 0.2) is 18.3 Å². The minimum atomic E-state index is -0.562. The van der Waals surface area contributed by atoms with Gasteiger partial charge in [-0.05, 0) is 6.07 Å². The lowest BCUT2D eigenvalue weighted by molar-refractivity contribution is -0.384. The van der Waals surface area contributed by atoms with Crippen molar-refractivity contribution in [3.63, 3.8) is 0 Å². The Morgan fingerprint density at radius 1 is 1.37 bits per heavy atom. The number of rotatable bonds is 4. The van der Waals surface area contributed by atoms with Crippen LogP contribution < -0.4 is 5.32 Å². The Morgan fingerprint density at radius 2 is 2.11 bits per heavy atom. The summed E-state index contributed by atoms with van der Waals surface area (Å²) in [5.41, 5.74) is 0.123. The van der Waals surface area contributed by atoms with Gasteiger partial charge in [-0.2, -0.15) is 0 Å². The lowest BCUT2D eigenvalue weighted by Gasteiger charge is -2.09. The van der Waals surface area contributed by atoms with Gasteiger partial charge in [-0.15, -0.1) is 11.3 Å². The molecule has 0 spiro atoms. The molecule has 0 amide bonds. The number of hydrogen-bond acceptors (Lipinski definition) is 5. The lowest BCUT2D eigenvalue weighted by atomic mass is 10.2. The number of nitro groups is 1. The van der Waals surface area contributed by atoms with Gasteiger partial charge in [0.05, 0.1) is 22.2 Å². The van der Waals surface area contributed by atoms with E-state index >= 15 is 0 Å². The molecule has 0 unspecified atom stereocenters. The van der Waals surface area contributed by atoms with Crippen molar-refractivity contribution in [3.8, 4) is 0 Å². The molecule has 0 radical (unpaired) electrons. The number of nitro benzene ring substituents is 1. The number of hydrogen-bond donors (Lipinski definition) is 1. The fourth-order valence-electron chi connectivity index (χ4n) is 1.39. The van der Waals surface area contributed by atoms with Crippen LogP contribution in [0.5, 0.6) is 0 Å². The second-order valence-electron chi connectivity index (χ2n) is 3.45. The van der Waals surface area contributed by atoms with E-state index in [1.165, 1.54) is 23.5 Å². The first-order chi connectivity index (χ1) is 8.99. The van der Waals surface area contributed by atoms with E-state index in [9.17, 15) is 10.1 Å². The Balaban J connectivity index is 2.24. The van der Waals surface area contributed by atoms with E-state index in [1.54, 1.807) is 6.20 Å². The molecule has 0 aliphatic rings. The first-order valence-electron chi connectivity index (χ1n) is 4.95. The van der Waals surface area contributed by atoms with Crippen molar-refractivity contribution in [1.29, 1.82) is 0 Å². The topological polar surface area (TPSA) is 68.1 Å². The van der Waals surface area contributed by atoms with Crippen LogP contribution in [0.3, 0.4) is 0 Å². The maximum Gasteiger partial charge on any atom is 0.290 e. The van der Waals surface area contributed by atoms with Crippen molar-refractivity contribution >= 4 is 57.5 Å². The van der Waals surface area contributed by atoms with Crippen LogP contribution in [-0.4, -0.2) is 9.91 Å². The van der Waals surface area contributed by atoms with Crippen LogP contribution in [0.2, 0.25) is 14.5 Å². The van der Waals surface area contributed by atoms with Gasteiger partial charge in [0, 0.05) is 17.1 Å². The van der Waals surface area contributed by atoms with E-state index in [0.717, 1.165) is 4.88 Å². The second kappa shape index (κ2) is 5.92. The third kappa shape index (κ3) is 3.27. The average Bonchev–Trinajstić information content (AvgIpc) is 2.74. The summed E-state index contributed by atoms with van der Waals surface area (Å²) in [5, 5.41) is 14.0. The van der Waals surface area contributed by atoms with Crippen LogP contribution >= 0.6 is 46.1 Å². The van der Waals surface area contributed by atoms with Crippen molar-refractivity contribution in [3.05, 3.63) is 47.8 Å². The van der Waals surface area contributed by atoms with Crippen molar-refractivity contribution in [1.82, 2.24) is 4.98 Å². The second-order valence-corrected chi connectivity index (χ2v) is 5.93. The van der Waals surface area contributed by atoms with Gasteiger partial charge in [0.1, 0.15) is 5.02 Å². The number of anilines is 1. The lowest BCUT2D eigenvalue weighted by Crippen LogP contribution is -2.01. The van der Waals surface area contributed by atoms with Gasteiger partial charge < -0.3 is 5.32 Å². The molecule has 0 aliphatic carbocycles. The third-order valence-electron chi connectivity index (χ3n) is 2.23. The summed E-state index contributed by atoms with van der Waals surface area (Å²) in [4.78, 5) is 15.0. The van der Waals surface area contributed by atoms with Crippen LogP contribution in [0.1, 0.15) is 4.88 Å². The quantitative estimate of drug-likeness (QED) is 0.652. The molecule has 19 heavy (non-hydrogen) atoms. The maximum atomic E-state index is 10.8. The van der Waals surface area contributed by atoms with E-state index in [2.05, 4.69) is 10.3 Å². The summed E-state index contributed by atoms with van der Waals surface area (Å²) in [6.07, 6.45) is 1.61. The van der Waals surface area contributed by atoms with Gasteiger partial charge in [-0.3, -0.25) is 10.1 Å². The standard InChI is InChI=1S/C10H6Cl3N3O2S/c11-6-1-2-7(16(17)18)8(12)9(6)14-3-5-4-15-10(13)19-5/h1-2,4,14H,3H2. The van der Waals surface area contributed by atoms with Crippen molar-refractivity contribution < 1.29 is 4.92 Å². The molecule has 0 bridgehead atoms. The van der Waals surface area contributed by atoms with Crippen molar-refractivity contribution in [2.24, 2.45) is 0 Å². The molecule has 0 atom stereocenters. The van der Waals surface area contributed by atoms with Crippen LogP contribution in [0.25, 0.3) is 0 Å². The molecule has 1 aromatic heterocycles. The monoisotopic (exact) mass is 337 g/mol. The van der Waals surface area contributed by atoms with Crippen molar-refractivity contribution in [2.75, 3.05) is 5.32 Å². The number of halogens is 3. The van der Waals surface area contributed by atoms with Crippen LogP contribution in [0.4, 0.5) is 11.4 Å². The highest BCUT2D eigenvalue weighted by atomic mass is 35.5. The maximum absolute atomic E-state index is 10.8. The predicted octanol–water partition coefficient (Wildman–Crippen LogP) is 4.62. The molecule has 2 rings (SSSR count). The van der Waals surface area contributed by atoms with Crippen LogP contribution in [0, 0.1) is 10.1 Å². The fraction of sp³-hybridized carbons (Fsp3) is 0.100. The van der Waals surface area contributed by atoms with Gasteiger partial charge in [0.15, 0.2) is 4.47 Å². The Kier molecular flexibility index (Phi) is 4.46. The summed E-state index contributed by atoms with van der Waals surface area (Å²) in [5.74, 6) is 0. The molecule has 1 heterocycles. The Hall–Kier alpha value is -1.08. The number of nitrogens with one attached hydrogen (secondary N) is 1. The zero-order valence-electron chi connectivity index (χ0n) is 9.19. The number of thiazole rings is 1. The third-order valence-corrected chi connectivity index (χ3v) is 4.04. The minimum absolute atomic E-state index is 0.0203. The smallest absolute Gasteiger partial charge is 0.290 e.